The molecule has 0 spiro atoms. The van der Waals surface area contributed by atoms with Gasteiger partial charge in [0.1, 0.15) is 0 Å². The standard InChI is InChI=1S/C10H6Br2F2O5/c1-18-8(15)4-2-5(11)7(6(12)3-4)19-10(13,14)9(16)17/h2-3H,1H3,(H,16,17). The zero-order valence-corrected chi connectivity index (χ0v) is 12.4. The van der Waals surface area contributed by atoms with E-state index in [0.717, 1.165) is 7.11 Å². The lowest BCUT2D eigenvalue weighted by Gasteiger charge is -2.16. The first kappa shape index (κ1) is 15.8. The molecule has 9 heteroatoms. The van der Waals surface area contributed by atoms with Crippen molar-refractivity contribution in [2.45, 2.75) is 6.11 Å². The maximum Gasteiger partial charge on any atom is 0.501 e. The molecule has 0 aliphatic heterocycles. The van der Waals surface area contributed by atoms with Gasteiger partial charge in [0.15, 0.2) is 5.75 Å². The highest BCUT2D eigenvalue weighted by Gasteiger charge is 2.43. The highest BCUT2D eigenvalue weighted by Crippen LogP contribution is 2.38. The summed E-state index contributed by atoms with van der Waals surface area (Å²) in [6, 6.07) is 2.34. The minimum Gasteiger partial charge on any atom is -0.474 e. The van der Waals surface area contributed by atoms with Gasteiger partial charge in [-0.25, -0.2) is 9.59 Å². The van der Waals surface area contributed by atoms with Crippen LogP contribution in [0.4, 0.5) is 8.78 Å². The Balaban J connectivity index is 3.18. The van der Waals surface area contributed by atoms with Gasteiger partial charge in [-0.2, -0.15) is 8.78 Å². The van der Waals surface area contributed by atoms with E-state index in [9.17, 15) is 18.4 Å². The van der Waals surface area contributed by atoms with Crippen molar-refractivity contribution in [3.8, 4) is 5.75 Å². The molecule has 0 aliphatic carbocycles. The SMILES string of the molecule is COC(=O)c1cc(Br)c(OC(F)(F)C(=O)O)c(Br)c1. The van der Waals surface area contributed by atoms with Crippen molar-refractivity contribution in [2.24, 2.45) is 0 Å². The van der Waals surface area contributed by atoms with E-state index in [1.165, 1.54) is 12.1 Å². The average Bonchev–Trinajstić information content (AvgIpc) is 2.32. The number of alkyl halides is 2. The maximum atomic E-state index is 13.0. The summed E-state index contributed by atoms with van der Waals surface area (Å²) in [5, 5.41) is 8.29. The fourth-order valence-corrected chi connectivity index (χ4v) is 2.41. The molecule has 0 unspecified atom stereocenters. The summed E-state index contributed by atoms with van der Waals surface area (Å²) in [5.74, 6) is -3.55. The van der Waals surface area contributed by atoms with Gasteiger partial charge in [0.25, 0.3) is 0 Å². The van der Waals surface area contributed by atoms with Gasteiger partial charge in [-0.1, -0.05) is 0 Å². The van der Waals surface area contributed by atoms with Crippen molar-refractivity contribution >= 4 is 43.8 Å². The quantitative estimate of drug-likeness (QED) is 0.782. The molecule has 0 amide bonds. The predicted octanol–water partition coefficient (Wildman–Crippen LogP) is 3.05. The average molecular weight is 404 g/mol. The topological polar surface area (TPSA) is 72.8 Å². The molecule has 5 nitrogen and oxygen atoms in total. The summed E-state index contributed by atoms with van der Waals surface area (Å²) < 4.78 is 34.5. The molecular formula is C10H6Br2F2O5. The lowest BCUT2D eigenvalue weighted by molar-refractivity contribution is -0.211. The molecule has 0 aliphatic rings. The third kappa shape index (κ3) is 3.63. The zero-order chi connectivity index (χ0) is 14.8. The van der Waals surface area contributed by atoms with Crippen LogP contribution in [0, 0.1) is 0 Å². The summed E-state index contributed by atoms with van der Waals surface area (Å²) in [6.45, 7) is 0. The second-order valence-corrected chi connectivity index (χ2v) is 4.89. The highest BCUT2D eigenvalue weighted by atomic mass is 79.9. The largest absolute Gasteiger partial charge is 0.501 e. The fourth-order valence-electron chi connectivity index (χ4n) is 1.06. The third-order valence-corrected chi connectivity index (χ3v) is 3.08. The summed E-state index contributed by atoms with van der Waals surface area (Å²) >= 11 is 5.82. The van der Waals surface area contributed by atoms with Crippen molar-refractivity contribution in [1.82, 2.24) is 0 Å². The molecule has 0 saturated heterocycles. The molecule has 1 N–H and O–H groups in total. The Labute approximate surface area is 122 Å². The van der Waals surface area contributed by atoms with Crippen LogP contribution in [0.1, 0.15) is 10.4 Å². The lowest BCUT2D eigenvalue weighted by atomic mass is 10.2. The Kier molecular flexibility index (Phi) is 4.86. The Morgan fingerprint density at radius 3 is 2.11 bits per heavy atom. The fraction of sp³-hybridized carbons (Fsp3) is 0.200. The minimum absolute atomic E-state index is 0.0248. The number of carbonyl (C=O) groups excluding carboxylic acids is 1. The van der Waals surface area contributed by atoms with Gasteiger partial charge in [0.2, 0.25) is 0 Å². The Hall–Kier alpha value is -1.22. The van der Waals surface area contributed by atoms with Crippen LogP contribution in [-0.4, -0.2) is 30.3 Å². The summed E-state index contributed by atoms with van der Waals surface area (Å²) in [4.78, 5) is 21.6. The highest BCUT2D eigenvalue weighted by molar-refractivity contribution is 9.11. The van der Waals surface area contributed by atoms with Crippen LogP contribution in [0.5, 0.6) is 5.75 Å². The molecule has 1 rings (SSSR count). The summed E-state index contributed by atoms with van der Waals surface area (Å²) in [5.41, 5.74) is 0.0761. The number of halogens is 4. The Bertz CT molecular complexity index is 510. The summed E-state index contributed by atoms with van der Waals surface area (Å²) in [7, 11) is 1.16. The number of esters is 1. The number of rotatable bonds is 4. The molecule has 104 valence electrons. The second-order valence-electron chi connectivity index (χ2n) is 3.18. The van der Waals surface area contributed by atoms with Gasteiger partial charge in [-0.05, 0) is 44.0 Å². The van der Waals surface area contributed by atoms with Crippen molar-refractivity contribution in [1.29, 1.82) is 0 Å². The van der Waals surface area contributed by atoms with Crippen molar-refractivity contribution in [3.63, 3.8) is 0 Å². The van der Waals surface area contributed by atoms with E-state index in [0.29, 0.717) is 0 Å². The molecule has 0 atom stereocenters. The van der Waals surface area contributed by atoms with Crippen LogP contribution in [0.3, 0.4) is 0 Å². The van der Waals surface area contributed by atoms with Crippen LogP contribution in [0.15, 0.2) is 21.1 Å². The first-order chi connectivity index (χ1) is 8.69. The number of carboxylic acid groups (broad SMARTS) is 1. The van der Waals surface area contributed by atoms with Gasteiger partial charge < -0.3 is 14.6 Å². The van der Waals surface area contributed by atoms with Gasteiger partial charge in [0.05, 0.1) is 21.6 Å². The molecule has 0 heterocycles. The van der Waals surface area contributed by atoms with Crippen LogP contribution in [0.2, 0.25) is 0 Å². The maximum absolute atomic E-state index is 13.0. The Morgan fingerprint density at radius 2 is 1.74 bits per heavy atom. The first-order valence-electron chi connectivity index (χ1n) is 4.56. The van der Waals surface area contributed by atoms with E-state index >= 15 is 0 Å². The van der Waals surface area contributed by atoms with E-state index in [-0.39, 0.29) is 14.5 Å². The van der Waals surface area contributed by atoms with Crippen LogP contribution < -0.4 is 4.74 Å². The molecule has 0 fully saturated rings. The predicted molar refractivity (Wildman–Crippen MR) is 66.4 cm³/mol. The molecular weight excluding hydrogens is 398 g/mol. The van der Waals surface area contributed by atoms with Crippen LogP contribution in [-0.2, 0) is 9.53 Å². The van der Waals surface area contributed by atoms with Crippen molar-refractivity contribution in [3.05, 3.63) is 26.6 Å². The third-order valence-electron chi connectivity index (χ3n) is 1.90. The van der Waals surface area contributed by atoms with Gasteiger partial charge in [-0.15, -0.1) is 0 Å². The summed E-state index contributed by atoms with van der Waals surface area (Å²) in [6.07, 6.45) is -4.39. The molecule has 19 heavy (non-hydrogen) atoms. The number of methoxy groups -OCH3 is 1. The molecule has 0 bridgehead atoms. The van der Waals surface area contributed by atoms with E-state index in [4.69, 9.17) is 5.11 Å². The number of ether oxygens (including phenoxy) is 2. The van der Waals surface area contributed by atoms with Crippen LogP contribution in [0.25, 0.3) is 0 Å². The second kappa shape index (κ2) is 5.83. The van der Waals surface area contributed by atoms with E-state index in [1.54, 1.807) is 0 Å². The number of aliphatic carboxylic acids is 1. The number of benzene rings is 1. The van der Waals surface area contributed by atoms with Crippen LogP contribution >= 0.6 is 31.9 Å². The minimum atomic E-state index is -4.39. The number of hydrogen-bond acceptors (Lipinski definition) is 4. The lowest BCUT2D eigenvalue weighted by Crippen LogP contribution is -2.35. The smallest absolute Gasteiger partial charge is 0.474 e. The van der Waals surface area contributed by atoms with E-state index in [1.807, 2.05) is 0 Å². The number of carbonyl (C=O) groups is 2. The van der Waals surface area contributed by atoms with Gasteiger partial charge in [0, 0.05) is 0 Å². The number of carboxylic acids is 1. The molecule has 1 aromatic rings. The van der Waals surface area contributed by atoms with Gasteiger partial charge in [-0.3, -0.25) is 0 Å². The normalized spacial score (nSPS) is 11.0. The molecule has 0 aromatic heterocycles. The van der Waals surface area contributed by atoms with Crippen molar-refractivity contribution < 1.29 is 33.0 Å². The Morgan fingerprint density at radius 1 is 1.26 bits per heavy atom. The van der Waals surface area contributed by atoms with Crippen molar-refractivity contribution in [2.75, 3.05) is 7.11 Å². The molecule has 0 radical (unpaired) electrons. The molecule has 1 aromatic carbocycles. The van der Waals surface area contributed by atoms with Gasteiger partial charge >= 0.3 is 18.0 Å². The monoisotopic (exact) mass is 402 g/mol. The van der Waals surface area contributed by atoms with E-state index < -0.39 is 23.8 Å². The first-order valence-corrected chi connectivity index (χ1v) is 6.15. The number of hydrogen-bond donors (Lipinski definition) is 1. The van der Waals surface area contributed by atoms with E-state index in [2.05, 4.69) is 41.3 Å². The zero-order valence-electron chi connectivity index (χ0n) is 9.25. The molecule has 0 saturated carbocycles.